The van der Waals surface area contributed by atoms with Crippen molar-refractivity contribution < 1.29 is 4.74 Å². The molecule has 0 radical (unpaired) electrons. The van der Waals surface area contributed by atoms with Crippen LogP contribution in [0.2, 0.25) is 0 Å². The van der Waals surface area contributed by atoms with Crippen molar-refractivity contribution in [3.63, 3.8) is 0 Å². The molecule has 2 heteroatoms. The third-order valence-electron chi connectivity index (χ3n) is 2.13. The van der Waals surface area contributed by atoms with E-state index < -0.39 is 0 Å². The monoisotopic (exact) mass is 157 g/mol. The normalized spacial score (nSPS) is 30.5. The minimum atomic E-state index is 0.148. The minimum Gasteiger partial charge on any atom is -0.374 e. The van der Waals surface area contributed by atoms with Crippen LogP contribution in [0.4, 0.5) is 0 Å². The molecule has 0 bridgehead atoms. The predicted molar refractivity (Wildman–Crippen MR) is 46.7 cm³/mol. The molecule has 1 rings (SSSR count). The molecule has 0 aromatic heterocycles. The Morgan fingerprint density at radius 2 is 2.18 bits per heavy atom. The Morgan fingerprint density at radius 3 is 2.55 bits per heavy atom. The Kier molecular flexibility index (Phi) is 2.90. The molecular weight excluding hydrogens is 138 g/mol. The summed E-state index contributed by atoms with van der Waals surface area (Å²) in [6.07, 6.45) is 1.21. The third-order valence-corrected chi connectivity index (χ3v) is 2.13. The Labute approximate surface area is 69.3 Å². The van der Waals surface area contributed by atoms with Crippen LogP contribution in [0, 0.1) is 5.92 Å². The van der Waals surface area contributed by atoms with E-state index in [0.717, 1.165) is 25.6 Å². The van der Waals surface area contributed by atoms with Crippen LogP contribution in [-0.2, 0) is 4.74 Å². The molecule has 1 saturated heterocycles. The van der Waals surface area contributed by atoms with Gasteiger partial charge in [-0.3, -0.25) is 0 Å². The number of ether oxygens (including phenoxy) is 1. The first-order chi connectivity index (χ1) is 5.12. The highest BCUT2D eigenvalue weighted by Crippen LogP contribution is 2.24. The van der Waals surface area contributed by atoms with Gasteiger partial charge in [-0.2, -0.15) is 0 Å². The molecule has 66 valence electrons. The summed E-state index contributed by atoms with van der Waals surface area (Å²) in [4.78, 5) is 0. The number of hydrogen-bond donors (Lipinski definition) is 1. The molecule has 1 aliphatic heterocycles. The van der Waals surface area contributed by atoms with Gasteiger partial charge in [-0.1, -0.05) is 13.8 Å². The molecule has 0 amide bonds. The van der Waals surface area contributed by atoms with Gasteiger partial charge in [-0.25, -0.2) is 0 Å². The first-order valence-electron chi connectivity index (χ1n) is 4.47. The van der Waals surface area contributed by atoms with Gasteiger partial charge in [0.05, 0.1) is 12.2 Å². The third kappa shape index (κ3) is 2.80. The Balaban J connectivity index is 2.02. The zero-order valence-electron chi connectivity index (χ0n) is 7.81. The van der Waals surface area contributed by atoms with E-state index in [4.69, 9.17) is 4.74 Å². The fourth-order valence-electron chi connectivity index (χ4n) is 1.22. The van der Waals surface area contributed by atoms with E-state index >= 15 is 0 Å². The lowest BCUT2D eigenvalue weighted by Crippen LogP contribution is -2.49. The Morgan fingerprint density at radius 1 is 1.55 bits per heavy atom. The van der Waals surface area contributed by atoms with Crippen LogP contribution in [0.15, 0.2) is 0 Å². The maximum absolute atomic E-state index is 5.44. The van der Waals surface area contributed by atoms with Crippen molar-refractivity contribution in [3.8, 4) is 0 Å². The van der Waals surface area contributed by atoms with Crippen LogP contribution < -0.4 is 5.32 Å². The van der Waals surface area contributed by atoms with Gasteiger partial charge in [-0.05, 0) is 19.4 Å². The highest BCUT2D eigenvalue weighted by molar-refractivity contribution is 4.84. The smallest absolute Gasteiger partial charge is 0.0800 e. The van der Waals surface area contributed by atoms with Gasteiger partial charge in [0.2, 0.25) is 0 Å². The summed E-state index contributed by atoms with van der Waals surface area (Å²) in [5.41, 5.74) is 0.148. The molecule has 2 nitrogen and oxygen atoms in total. The molecule has 1 heterocycles. The van der Waals surface area contributed by atoms with Crippen LogP contribution in [-0.4, -0.2) is 25.3 Å². The highest BCUT2D eigenvalue weighted by atomic mass is 16.5. The number of rotatable bonds is 4. The van der Waals surface area contributed by atoms with Gasteiger partial charge in [0.25, 0.3) is 0 Å². The maximum atomic E-state index is 5.44. The van der Waals surface area contributed by atoms with Crippen molar-refractivity contribution in [1.29, 1.82) is 0 Å². The Hall–Kier alpha value is -0.0800. The van der Waals surface area contributed by atoms with E-state index in [1.165, 1.54) is 6.42 Å². The van der Waals surface area contributed by atoms with E-state index in [-0.39, 0.29) is 5.60 Å². The summed E-state index contributed by atoms with van der Waals surface area (Å²) in [6.45, 7) is 9.65. The largest absolute Gasteiger partial charge is 0.374 e. The fraction of sp³-hybridized carbons (Fsp3) is 1.00. The van der Waals surface area contributed by atoms with E-state index in [0.29, 0.717) is 0 Å². The average molecular weight is 157 g/mol. The first-order valence-corrected chi connectivity index (χ1v) is 4.47. The van der Waals surface area contributed by atoms with Crippen LogP contribution in [0.25, 0.3) is 0 Å². The van der Waals surface area contributed by atoms with Crippen molar-refractivity contribution in [2.45, 2.75) is 32.8 Å². The van der Waals surface area contributed by atoms with Crippen LogP contribution >= 0.6 is 0 Å². The summed E-state index contributed by atoms with van der Waals surface area (Å²) < 4.78 is 5.44. The van der Waals surface area contributed by atoms with Crippen LogP contribution in [0.5, 0.6) is 0 Å². The van der Waals surface area contributed by atoms with Crippen molar-refractivity contribution in [2.75, 3.05) is 19.7 Å². The molecular formula is C9H19NO. The fourth-order valence-corrected chi connectivity index (χ4v) is 1.22. The summed E-state index contributed by atoms with van der Waals surface area (Å²) >= 11 is 0. The van der Waals surface area contributed by atoms with Crippen LogP contribution in [0.1, 0.15) is 27.2 Å². The molecule has 11 heavy (non-hydrogen) atoms. The quantitative estimate of drug-likeness (QED) is 0.666. The van der Waals surface area contributed by atoms with E-state index in [2.05, 4.69) is 26.1 Å². The molecule has 1 N–H and O–H groups in total. The zero-order chi connectivity index (χ0) is 8.32. The zero-order valence-corrected chi connectivity index (χ0v) is 7.81. The number of hydrogen-bond acceptors (Lipinski definition) is 2. The summed E-state index contributed by atoms with van der Waals surface area (Å²) in [7, 11) is 0. The summed E-state index contributed by atoms with van der Waals surface area (Å²) in [5.74, 6) is 0.735. The Bertz CT molecular complexity index is 119. The highest BCUT2D eigenvalue weighted by Gasteiger charge is 2.32. The molecule has 0 aromatic rings. The van der Waals surface area contributed by atoms with E-state index in [1.54, 1.807) is 0 Å². The van der Waals surface area contributed by atoms with Gasteiger partial charge in [-0.15, -0.1) is 0 Å². The van der Waals surface area contributed by atoms with Crippen molar-refractivity contribution >= 4 is 0 Å². The lowest BCUT2D eigenvalue weighted by atomic mass is 9.97. The summed E-state index contributed by atoms with van der Waals surface area (Å²) in [5, 5.41) is 3.40. The molecule has 0 spiro atoms. The molecule has 0 aromatic carbocycles. The lowest BCUT2D eigenvalue weighted by Gasteiger charge is -2.39. The van der Waals surface area contributed by atoms with Crippen molar-refractivity contribution in [2.24, 2.45) is 5.92 Å². The van der Waals surface area contributed by atoms with E-state index in [9.17, 15) is 0 Å². The number of nitrogens with one attached hydrogen (secondary N) is 1. The van der Waals surface area contributed by atoms with Gasteiger partial charge in [0.15, 0.2) is 0 Å². The molecule has 0 saturated carbocycles. The second-order valence-electron chi connectivity index (χ2n) is 4.07. The molecule has 0 aliphatic carbocycles. The maximum Gasteiger partial charge on any atom is 0.0800 e. The topological polar surface area (TPSA) is 21.3 Å². The minimum absolute atomic E-state index is 0.148. The molecule has 1 aliphatic rings. The van der Waals surface area contributed by atoms with Gasteiger partial charge < -0.3 is 10.1 Å². The van der Waals surface area contributed by atoms with Gasteiger partial charge in [0, 0.05) is 13.0 Å². The standard InChI is InChI=1S/C9H19NO/c1-8(2)6-10-7-9(3)4-5-11-9/h8,10H,4-7H2,1-3H3. The summed E-state index contributed by atoms with van der Waals surface area (Å²) in [6, 6.07) is 0. The van der Waals surface area contributed by atoms with Crippen molar-refractivity contribution in [3.05, 3.63) is 0 Å². The average Bonchev–Trinajstić information content (AvgIpc) is 1.83. The van der Waals surface area contributed by atoms with E-state index in [1.807, 2.05) is 0 Å². The van der Waals surface area contributed by atoms with Crippen molar-refractivity contribution in [1.82, 2.24) is 5.32 Å². The van der Waals surface area contributed by atoms with Crippen LogP contribution in [0.3, 0.4) is 0 Å². The molecule has 1 atom stereocenters. The molecule has 1 fully saturated rings. The SMILES string of the molecule is CC(C)CNCC1(C)CCO1. The first kappa shape index (κ1) is 9.01. The van der Waals surface area contributed by atoms with Gasteiger partial charge in [0.1, 0.15) is 0 Å². The second-order valence-corrected chi connectivity index (χ2v) is 4.07. The lowest BCUT2D eigenvalue weighted by molar-refractivity contribution is -0.131. The predicted octanol–water partition coefficient (Wildman–Crippen LogP) is 1.41. The molecule has 1 unspecified atom stereocenters. The van der Waals surface area contributed by atoms with Gasteiger partial charge >= 0.3 is 0 Å². The second kappa shape index (κ2) is 3.55.